The molecule has 1 rings (SSSR count). The molecule has 0 bridgehead atoms. The number of carbonyl (C=O) groups is 1. The van der Waals surface area contributed by atoms with Crippen LogP contribution in [-0.2, 0) is 4.79 Å². The predicted octanol–water partition coefficient (Wildman–Crippen LogP) is 2.97. The van der Waals surface area contributed by atoms with Crippen molar-refractivity contribution in [1.29, 1.82) is 0 Å². The summed E-state index contributed by atoms with van der Waals surface area (Å²) in [4.78, 5) is 11.4. The van der Waals surface area contributed by atoms with Gasteiger partial charge in [-0.25, -0.2) is 0 Å². The maximum Gasteiger partial charge on any atom is 0.219 e. The first-order chi connectivity index (χ1) is 7.04. The molecule has 0 radical (unpaired) electrons. The summed E-state index contributed by atoms with van der Waals surface area (Å²) >= 11 is 0. The largest absolute Gasteiger partial charge is 0.353 e. The Morgan fingerprint density at radius 3 is 2.60 bits per heavy atom. The molecular formula is C13H25NO. The van der Waals surface area contributed by atoms with Crippen molar-refractivity contribution in [3.63, 3.8) is 0 Å². The van der Waals surface area contributed by atoms with Gasteiger partial charge >= 0.3 is 0 Å². The third-order valence-electron chi connectivity index (χ3n) is 3.69. The topological polar surface area (TPSA) is 29.1 Å². The minimum atomic E-state index is 0.208. The van der Waals surface area contributed by atoms with Crippen molar-refractivity contribution in [1.82, 2.24) is 5.32 Å². The summed E-state index contributed by atoms with van der Waals surface area (Å²) in [7, 11) is 0. The fourth-order valence-corrected chi connectivity index (χ4v) is 2.68. The second kappa shape index (κ2) is 5.53. The lowest BCUT2D eigenvalue weighted by Crippen LogP contribution is -2.45. The smallest absolute Gasteiger partial charge is 0.219 e. The van der Waals surface area contributed by atoms with Gasteiger partial charge in [-0.05, 0) is 30.6 Å². The van der Waals surface area contributed by atoms with Gasteiger partial charge < -0.3 is 5.32 Å². The molecule has 1 N–H and O–H groups in total. The molecule has 0 heterocycles. The Balaban J connectivity index is 2.57. The van der Waals surface area contributed by atoms with E-state index in [2.05, 4.69) is 26.1 Å². The zero-order valence-corrected chi connectivity index (χ0v) is 10.5. The molecule has 0 aliphatic heterocycles. The van der Waals surface area contributed by atoms with Crippen LogP contribution in [0.25, 0.3) is 0 Å². The Hall–Kier alpha value is -0.530. The number of amides is 1. The monoisotopic (exact) mass is 211 g/mol. The Morgan fingerprint density at radius 2 is 2.07 bits per heavy atom. The molecule has 1 aliphatic carbocycles. The van der Waals surface area contributed by atoms with E-state index in [4.69, 9.17) is 0 Å². The van der Waals surface area contributed by atoms with E-state index in [0.717, 1.165) is 12.3 Å². The van der Waals surface area contributed by atoms with Gasteiger partial charge in [-0.1, -0.05) is 34.1 Å². The summed E-state index contributed by atoms with van der Waals surface area (Å²) in [5, 5.41) is 3.19. The first-order valence-electron chi connectivity index (χ1n) is 6.34. The van der Waals surface area contributed by atoms with Crippen LogP contribution in [0.4, 0.5) is 0 Å². The van der Waals surface area contributed by atoms with Gasteiger partial charge in [0.15, 0.2) is 0 Å². The third-order valence-corrected chi connectivity index (χ3v) is 3.69. The van der Waals surface area contributed by atoms with E-state index in [1.165, 1.54) is 12.8 Å². The number of hydrogen-bond donors (Lipinski definition) is 1. The second-order valence-corrected chi connectivity index (χ2v) is 5.35. The van der Waals surface area contributed by atoms with Crippen molar-refractivity contribution < 1.29 is 4.79 Å². The summed E-state index contributed by atoms with van der Waals surface area (Å²) in [6, 6.07) is 0.418. The highest BCUT2D eigenvalue weighted by molar-refractivity contribution is 5.75. The summed E-state index contributed by atoms with van der Waals surface area (Å²) in [5.74, 6) is 2.33. The van der Waals surface area contributed by atoms with E-state index in [1.54, 1.807) is 0 Å². The molecule has 0 aromatic carbocycles. The van der Waals surface area contributed by atoms with Crippen LogP contribution in [0, 0.1) is 17.8 Å². The van der Waals surface area contributed by atoms with Gasteiger partial charge in [0.25, 0.3) is 0 Å². The van der Waals surface area contributed by atoms with Gasteiger partial charge in [-0.15, -0.1) is 0 Å². The molecule has 2 heteroatoms. The average Bonchev–Trinajstić information content (AvgIpc) is 2.17. The van der Waals surface area contributed by atoms with Gasteiger partial charge in [0, 0.05) is 12.5 Å². The lowest BCUT2D eigenvalue weighted by Gasteiger charge is -2.37. The van der Waals surface area contributed by atoms with Crippen molar-refractivity contribution in [2.45, 2.75) is 59.4 Å². The van der Waals surface area contributed by atoms with E-state index in [1.807, 2.05) is 6.92 Å². The highest BCUT2D eigenvalue weighted by Crippen LogP contribution is 2.33. The van der Waals surface area contributed by atoms with Crippen LogP contribution in [0.2, 0.25) is 0 Å². The van der Waals surface area contributed by atoms with E-state index in [0.29, 0.717) is 24.3 Å². The molecule has 3 atom stereocenters. The summed E-state index contributed by atoms with van der Waals surface area (Å²) in [6.45, 7) is 8.76. The predicted molar refractivity (Wildman–Crippen MR) is 63.6 cm³/mol. The zero-order valence-electron chi connectivity index (χ0n) is 10.5. The van der Waals surface area contributed by atoms with Crippen molar-refractivity contribution in [2.24, 2.45) is 17.8 Å². The first-order valence-corrected chi connectivity index (χ1v) is 6.34. The van der Waals surface area contributed by atoms with E-state index < -0.39 is 0 Å². The molecule has 1 amide bonds. The molecule has 1 fully saturated rings. The minimum Gasteiger partial charge on any atom is -0.353 e. The molecule has 88 valence electrons. The molecular weight excluding hydrogens is 186 g/mol. The summed E-state index contributed by atoms with van der Waals surface area (Å²) in [5.41, 5.74) is 0. The quantitative estimate of drug-likeness (QED) is 0.764. The minimum absolute atomic E-state index is 0.208. The van der Waals surface area contributed by atoms with Crippen LogP contribution in [-0.4, -0.2) is 11.9 Å². The van der Waals surface area contributed by atoms with Crippen LogP contribution in [0.3, 0.4) is 0 Å². The Labute approximate surface area is 93.8 Å². The van der Waals surface area contributed by atoms with Crippen LogP contribution >= 0.6 is 0 Å². The van der Waals surface area contributed by atoms with Crippen LogP contribution < -0.4 is 5.32 Å². The average molecular weight is 211 g/mol. The molecule has 1 aliphatic rings. The number of nitrogens with one attached hydrogen (secondary N) is 1. The lowest BCUT2D eigenvalue weighted by atomic mass is 9.74. The fraction of sp³-hybridized carbons (Fsp3) is 0.923. The summed E-state index contributed by atoms with van der Waals surface area (Å²) < 4.78 is 0. The van der Waals surface area contributed by atoms with E-state index >= 15 is 0 Å². The number of rotatable bonds is 3. The van der Waals surface area contributed by atoms with Gasteiger partial charge in [0.1, 0.15) is 0 Å². The fourth-order valence-electron chi connectivity index (χ4n) is 2.68. The van der Waals surface area contributed by atoms with Crippen LogP contribution in [0.1, 0.15) is 53.4 Å². The highest BCUT2D eigenvalue weighted by Gasteiger charge is 2.31. The van der Waals surface area contributed by atoms with E-state index in [-0.39, 0.29) is 5.91 Å². The van der Waals surface area contributed by atoms with Gasteiger partial charge in [0.05, 0.1) is 0 Å². The molecule has 3 unspecified atom stereocenters. The molecule has 2 nitrogen and oxygen atoms in total. The van der Waals surface area contributed by atoms with Crippen molar-refractivity contribution in [3.05, 3.63) is 0 Å². The van der Waals surface area contributed by atoms with Gasteiger partial charge in [0.2, 0.25) is 5.91 Å². The Kier molecular flexibility index (Phi) is 4.62. The summed E-state index contributed by atoms with van der Waals surface area (Å²) in [6.07, 6.45) is 4.36. The van der Waals surface area contributed by atoms with Crippen molar-refractivity contribution in [3.8, 4) is 0 Å². The lowest BCUT2D eigenvalue weighted by molar-refractivity contribution is -0.122. The molecule has 0 saturated heterocycles. The Bertz CT molecular complexity index is 213. The normalized spacial score (nSPS) is 31.7. The van der Waals surface area contributed by atoms with Crippen LogP contribution in [0.15, 0.2) is 0 Å². The molecule has 1 saturated carbocycles. The van der Waals surface area contributed by atoms with Crippen molar-refractivity contribution >= 4 is 5.91 Å². The highest BCUT2D eigenvalue weighted by atomic mass is 16.1. The van der Waals surface area contributed by atoms with Gasteiger partial charge in [-0.2, -0.15) is 0 Å². The molecule has 0 spiro atoms. The SMILES string of the molecule is CCC(=O)NC1CC(C)CCC1C(C)C. The zero-order chi connectivity index (χ0) is 11.4. The van der Waals surface area contributed by atoms with Crippen LogP contribution in [0.5, 0.6) is 0 Å². The number of carbonyl (C=O) groups excluding carboxylic acids is 1. The molecule has 0 aromatic heterocycles. The maximum atomic E-state index is 11.4. The maximum absolute atomic E-state index is 11.4. The van der Waals surface area contributed by atoms with Crippen molar-refractivity contribution in [2.75, 3.05) is 0 Å². The standard InChI is InChI=1S/C13H25NO/c1-5-13(15)14-12-8-10(4)6-7-11(12)9(2)3/h9-12H,5-8H2,1-4H3,(H,14,15). The molecule has 15 heavy (non-hydrogen) atoms. The second-order valence-electron chi connectivity index (χ2n) is 5.35. The van der Waals surface area contributed by atoms with Gasteiger partial charge in [-0.3, -0.25) is 4.79 Å². The third kappa shape index (κ3) is 3.51. The van der Waals surface area contributed by atoms with E-state index in [9.17, 15) is 4.79 Å². The molecule has 0 aromatic rings. The Morgan fingerprint density at radius 1 is 1.40 bits per heavy atom. The number of hydrogen-bond acceptors (Lipinski definition) is 1. The first kappa shape index (κ1) is 12.5.